The van der Waals surface area contributed by atoms with Crippen LogP contribution in [0, 0.1) is 87.3 Å². The predicted octanol–water partition coefficient (Wildman–Crippen LogP) is 14.7. The van der Waals surface area contributed by atoms with E-state index >= 15 is 53.5 Å². The first kappa shape index (κ1) is 41.8. The molecule has 70 heavy (non-hydrogen) atoms. The lowest BCUT2D eigenvalue weighted by Crippen LogP contribution is -2.17. The molecule has 3 nitrogen and oxygen atoms in total. The molecule has 0 aliphatic rings. The Morgan fingerprint density at radius 3 is 0.900 bits per heavy atom. The van der Waals surface area contributed by atoms with Crippen molar-refractivity contribution in [2.24, 2.45) is 0 Å². The van der Waals surface area contributed by atoms with Crippen LogP contribution < -0.4 is 10.9 Å². The number of pyridine rings is 3. The third-order valence-corrected chi connectivity index (χ3v) is 13.5. The molecule has 0 fully saturated rings. The smallest absolute Gasteiger partial charge is 0.200 e. The summed E-state index contributed by atoms with van der Waals surface area (Å²) in [5, 5.41) is -3.34. The Balaban J connectivity index is 1.42. The average Bonchev–Trinajstić information content (AvgIpc) is 3.36. The molecule has 0 amide bonds. The zero-order valence-corrected chi connectivity index (χ0v) is 33.9. The number of fused-ring (bicyclic) bond motifs is 6. The van der Waals surface area contributed by atoms with E-state index in [-0.39, 0.29) is 64.9 Å². The maximum absolute atomic E-state index is 16.3. The molecule has 3 heterocycles. The fraction of sp³-hybridized carbons (Fsp3) is 0. The van der Waals surface area contributed by atoms with E-state index in [0.29, 0.717) is 12.1 Å². The van der Waals surface area contributed by atoms with Crippen LogP contribution in [0.3, 0.4) is 0 Å². The van der Waals surface area contributed by atoms with Gasteiger partial charge in [0, 0.05) is 48.5 Å². The number of aromatic nitrogens is 1. The minimum atomic E-state index is -2.58. The van der Waals surface area contributed by atoms with Crippen molar-refractivity contribution in [3.8, 4) is 33.4 Å². The highest BCUT2D eigenvalue weighted by Crippen LogP contribution is 2.55. The Kier molecular flexibility index (Phi) is 8.01. The Labute approximate surface area is 375 Å². The van der Waals surface area contributed by atoms with Crippen molar-refractivity contribution in [1.29, 1.82) is 0 Å². The van der Waals surface area contributed by atoms with Crippen LogP contribution in [-0.4, -0.2) is 4.40 Å². The molecule has 0 N–H and O–H groups in total. The summed E-state index contributed by atoms with van der Waals surface area (Å²) in [4.78, 5) is 30.5. The first-order valence-corrected chi connectivity index (χ1v) is 20.4. The second-order valence-electron chi connectivity index (χ2n) is 16.7. The Bertz CT molecular complexity index is 4420. The van der Waals surface area contributed by atoms with Crippen molar-refractivity contribution in [2.75, 3.05) is 0 Å². The van der Waals surface area contributed by atoms with Crippen LogP contribution in [0.5, 0.6) is 0 Å². The number of halogens is 15. The topological polar surface area (TPSA) is 38.5 Å². The first-order chi connectivity index (χ1) is 33.4. The van der Waals surface area contributed by atoms with Crippen LogP contribution in [0.25, 0.3) is 125 Å². The summed E-state index contributed by atoms with van der Waals surface area (Å²) < 4.78 is 232. The molecular formula is C52H12F15NO2. The molecule has 0 bridgehead atoms. The maximum Gasteiger partial charge on any atom is 0.200 e. The Morgan fingerprint density at radius 1 is 0.271 bits per heavy atom. The highest BCUT2D eigenvalue weighted by molar-refractivity contribution is 6.48. The molecule has 13 aromatic rings. The number of nitrogens with zero attached hydrogens (tertiary/aromatic N) is 1. The van der Waals surface area contributed by atoms with Gasteiger partial charge in [-0.05, 0) is 67.9 Å². The van der Waals surface area contributed by atoms with Crippen molar-refractivity contribution >= 4 is 92.0 Å². The van der Waals surface area contributed by atoms with Crippen molar-refractivity contribution in [2.45, 2.75) is 0 Å². The summed E-state index contributed by atoms with van der Waals surface area (Å²) in [5.41, 5.74) is -10.9. The summed E-state index contributed by atoms with van der Waals surface area (Å²) in [6, 6.07) is 14.6. The molecule has 342 valence electrons. The van der Waals surface area contributed by atoms with Gasteiger partial charge in [-0.25, -0.2) is 65.9 Å². The molecule has 0 atom stereocenters. The van der Waals surface area contributed by atoms with Crippen molar-refractivity contribution in [1.82, 2.24) is 4.40 Å². The fourth-order valence-corrected chi connectivity index (χ4v) is 10.8. The lowest BCUT2D eigenvalue weighted by atomic mass is 9.79. The summed E-state index contributed by atoms with van der Waals surface area (Å²) in [7, 11) is 0. The van der Waals surface area contributed by atoms with Gasteiger partial charge in [-0.1, -0.05) is 48.5 Å². The molecule has 0 aliphatic carbocycles. The largest absolute Gasteiger partial charge is 0.306 e. The van der Waals surface area contributed by atoms with Crippen molar-refractivity contribution in [3.63, 3.8) is 0 Å². The van der Waals surface area contributed by atoms with Crippen LogP contribution >= 0.6 is 0 Å². The lowest BCUT2D eigenvalue weighted by molar-refractivity contribution is 0.381. The highest BCUT2D eigenvalue weighted by atomic mass is 19.2. The highest BCUT2D eigenvalue weighted by Gasteiger charge is 2.37. The van der Waals surface area contributed by atoms with E-state index in [9.17, 15) is 22.0 Å². The maximum atomic E-state index is 16.3. The monoisotopic (exact) mass is 967 g/mol. The fourth-order valence-electron chi connectivity index (χ4n) is 10.8. The normalized spacial score (nSPS) is 12.6. The van der Waals surface area contributed by atoms with Crippen LogP contribution in [-0.2, 0) is 0 Å². The molecule has 18 heteroatoms. The van der Waals surface area contributed by atoms with Crippen LogP contribution in [0.2, 0.25) is 0 Å². The quantitative estimate of drug-likeness (QED) is 0.0582. The van der Waals surface area contributed by atoms with Gasteiger partial charge in [0.25, 0.3) is 0 Å². The van der Waals surface area contributed by atoms with Crippen molar-refractivity contribution in [3.05, 3.63) is 181 Å². The molecule has 0 saturated heterocycles. The molecule has 0 unspecified atom stereocenters. The zero-order valence-electron chi connectivity index (χ0n) is 33.9. The van der Waals surface area contributed by atoms with Crippen LogP contribution in [0.1, 0.15) is 0 Å². The van der Waals surface area contributed by atoms with Gasteiger partial charge in [0.2, 0.25) is 17.5 Å². The van der Waals surface area contributed by atoms with E-state index in [1.807, 2.05) is 0 Å². The van der Waals surface area contributed by atoms with E-state index in [1.165, 1.54) is 52.9 Å². The number of rotatable bonds is 3. The van der Waals surface area contributed by atoms with Crippen molar-refractivity contribution < 1.29 is 65.9 Å². The van der Waals surface area contributed by atoms with Gasteiger partial charge in [-0.15, -0.1) is 0 Å². The first-order valence-electron chi connectivity index (χ1n) is 20.4. The zero-order chi connectivity index (χ0) is 49.2. The average molecular weight is 968 g/mol. The van der Waals surface area contributed by atoms with E-state index < -0.39 is 159 Å². The summed E-state index contributed by atoms with van der Waals surface area (Å²) in [6.45, 7) is 0. The van der Waals surface area contributed by atoms with Gasteiger partial charge in [0.05, 0.1) is 33.2 Å². The SMILES string of the molecule is O=c1c2cc(-c3c(F)c(F)c(F)c(F)c3F)cc3c(=O)c4cc(-c5c(F)c(F)c(F)c(F)c5F)c5c6ccccc6c6c7ccccc7c7c(-c8c(F)c(F)c(F)c(F)c8F)cc1c1c7c6c5c4n1c23. The molecule has 0 saturated carbocycles. The van der Waals surface area contributed by atoms with E-state index in [0.717, 1.165) is 12.1 Å². The Morgan fingerprint density at radius 2 is 0.557 bits per heavy atom. The molecule has 0 spiro atoms. The predicted molar refractivity (Wildman–Crippen MR) is 230 cm³/mol. The summed E-state index contributed by atoms with van der Waals surface area (Å²) >= 11 is 0. The summed E-state index contributed by atoms with van der Waals surface area (Å²) in [6.07, 6.45) is 0. The van der Waals surface area contributed by atoms with Gasteiger partial charge in [-0.2, -0.15) is 0 Å². The summed E-state index contributed by atoms with van der Waals surface area (Å²) in [5.74, 6) is -36.6. The van der Waals surface area contributed by atoms with Gasteiger partial charge in [0.15, 0.2) is 80.7 Å². The van der Waals surface area contributed by atoms with Gasteiger partial charge < -0.3 is 4.40 Å². The number of benzene rings is 10. The second-order valence-corrected chi connectivity index (χ2v) is 16.7. The number of hydrogen-bond acceptors (Lipinski definition) is 2. The Hall–Kier alpha value is -8.41. The third kappa shape index (κ3) is 4.66. The standard InChI is InChI=1S/C52H12F15NO2/c53-33-24(34(54)40(60)45(65)39(33)59)13-9-20-48-21(10-13)52(70)23-12-19(29-37(57)43(63)47(67)44(64)38(29)58)27-17-8-4-2-6-15(17)25-14-5-1-3-7-16(14)26-18(28-35(55)41(61)46(66)42(62)36(28)56)11-22(51(20)69)49-31(26)30(25)32(27)50(23)68(48)49/h1-12H. The van der Waals surface area contributed by atoms with Crippen LogP contribution in [0.4, 0.5) is 65.9 Å². The minimum absolute atomic E-state index is 0.0454. The molecule has 0 radical (unpaired) electrons. The molecule has 13 rings (SSSR count). The van der Waals surface area contributed by atoms with Gasteiger partial charge in [-0.3, -0.25) is 9.59 Å². The molecular weight excluding hydrogens is 956 g/mol. The minimum Gasteiger partial charge on any atom is -0.306 e. The molecule has 3 aromatic heterocycles. The molecule has 10 aromatic carbocycles. The lowest BCUT2D eigenvalue weighted by Gasteiger charge is -2.28. The number of hydrogen-bond donors (Lipinski definition) is 0. The third-order valence-electron chi connectivity index (χ3n) is 13.5. The van der Waals surface area contributed by atoms with Gasteiger partial charge >= 0.3 is 0 Å². The molecule has 0 aliphatic heterocycles. The second kappa shape index (κ2) is 13.4. The van der Waals surface area contributed by atoms with E-state index in [4.69, 9.17) is 0 Å². The van der Waals surface area contributed by atoms with Crippen LogP contribution in [0.15, 0.2) is 82.4 Å². The van der Waals surface area contributed by atoms with E-state index in [1.54, 1.807) is 0 Å². The van der Waals surface area contributed by atoms with Gasteiger partial charge in [0.1, 0.15) is 0 Å². The van der Waals surface area contributed by atoms with E-state index in [2.05, 4.69) is 0 Å².